The summed E-state index contributed by atoms with van der Waals surface area (Å²) in [5, 5.41) is 2.82. The highest BCUT2D eigenvalue weighted by Crippen LogP contribution is 2.36. The lowest BCUT2D eigenvalue weighted by Crippen LogP contribution is -2.45. The molecule has 1 saturated heterocycles. The second-order valence-electron chi connectivity index (χ2n) is 6.54. The third-order valence-electron chi connectivity index (χ3n) is 4.84. The van der Waals surface area contributed by atoms with E-state index in [1.807, 2.05) is 50.2 Å². The summed E-state index contributed by atoms with van der Waals surface area (Å²) in [6.07, 6.45) is 0. The van der Waals surface area contributed by atoms with Crippen LogP contribution in [0, 0.1) is 13.8 Å². The molecule has 6 heteroatoms. The quantitative estimate of drug-likeness (QED) is 0.652. The van der Waals surface area contributed by atoms with Crippen molar-refractivity contribution < 1.29 is 19.1 Å². The standard InChI is InChI=1S/C21H22N2O4/c1-4-27-18(24)13-23-19(25)21(22-20(23)26,16-8-6-5-7-9-16)17-11-10-14(2)15(3)12-17/h5-12H,4,13H2,1-3H3,(H,22,26)/t21-/m1/s1. The maximum atomic E-state index is 13.4. The van der Waals surface area contributed by atoms with E-state index < -0.39 is 30.0 Å². The van der Waals surface area contributed by atoms with Crippen LogP contribution in [-0.4, -0.2) is 36.0 Å². The molecule has 1 N–H and O–H groups in total. The molecule has 0 radical (unpaired) electrons. The van der Waals surface area contributed by atoms with Crippen molar-refractivity contribution in [2.75, 3.05) is 13.2 Å². The number of imide groups is 1. The first kappa shape index (κ1) is 18.6. The molecule has 3 rings (SSSR count). The van der Waals surface area contributed by atoms with E-state index >= 15 is 0 Å². The number of rotatable bonds is 5. The van der Waals surface area contributed by atoms with E-state index in [1.54, 1.807) is 19.1 Å². The largest absolute Gasteiger partial charge is 0.465 e. The Morgan fingerprint density at radius 2 is 1.74 bits per heavy atom. The van der Waals surface area contributed by atoms with Crippen LogP contribution in [0.5, 0.6) is 0 Å². The SMILES string of the molecule is CCOC(=O)CN1C(=O)N[C@](c2ccccc2)(c2ccc(C)c(C)c2)C1=O. The Hall–Kier alpha value is -3.15. The van der Waals surface area contributed by atoms with Crippen molar-refractivity contribution in [3.8, 4) is 0 Å². The summed E-state index contributed by atoms with van der Waals surface area (Å²) in [4.78, 5) is 38.8. The number of esters is 1. The molecule has 0 bridgehead atoms. The zero-order valence-corrected chi connectivity index (χ0v) is 15.6. The maximum absolute atomic E-state index is 13.4. The van der Waals surface area contributed by atoms with Gasteiger partial charge in [0.2, 0.25) is 0 Å². The number of hydrogen-bond donors (Lipinski definition) is 1. The van der Waals surface area contributed by atoms with Crippen molar-refractivity contribution in [2.45, 2.75) is 26.3 Å². The van der Waals surface area contributed by atoms with Gasteiger partial charge >= 0.3 is 12.0 Å². The minimum atomic E-state index is -1.37. The third kappa shape index (κ3) is 3.18. The van der Waals surface area contributed by atoms with Gasteiger partial charge in [0.15, 0.2) is 5.54 Å². The average molecular weight is 366 g/mol. The van der Waals surface area contributed by atoms with E-state index in [4.69, 9.17) is 4.74 Å². The number of carbonyl (C=O) groups is 3. The summed E-state index contributed by atoms with van der Waals surface area (Å²) in [6, 6.07) is 14.1. The number of nitrogens with zero attached hydrogens (tertiary/aromatic N) is 1. The molecular weight excluding hydrogens is 344 g/mol. The van der Waals surface area contributed by atoms with Gasteiger partial charge in [-0.05, 0) is 43.0 Å². The Bertz CT molecular complexity index is 894. The Morgan fingerprint density at radius 3 is 2.37 bits per heavy atom. The first-order chi connectivity index (χ1) is 12.9. The van der Waals surface area contributed by atoms with E-state index in [0.29, 0.717) is 11.1 Å². The molecule has 6 nitrogen and oxygen atoms in total. The fraction of sp³-hybridized carbons (Fsp3) is 0.286. The van der Waals surface area contributed by atoms with E-state index in [-0.39, 0.29) is 6.61 Å². The van der Waals surface area contributed by atoms with Crippen molar-refractivity contribution in [3.63, 3.8) is 0 Å². The van der Waals surface area contributed by atoms with Gasteiger partial charge in [-0.15, -0.1) is 0 Å². The molecule has 1 fully saturated rings. The van der Waals surface area contributed by atoms with Crippen LogP contribution in [0.25, 0.3) is 0 Å². The van der Waals surface area contributed by atoms with E-state index in [2.05, 4.69) is 5.32 Å². The van der Waals surface area contributed by atoms with Gasteiger partial charge in [0.25, 0.3) is 5.91 Å². The number of benzene rings is 2. The van der Waals surface area contributed by atoms with Gasteiger partial charge in [-0.25, -0.2) is 4.79 Å². The fourth-order valence-electron chi connectivity index (χ4n) is 3.28. The summed E-state index contributed by atoms with van der Waals surface area (Å²) in [7, 11) is 0. The minimum absolute atomic E-state index is 0.184. The first-order valence-electron chi connectivity index (χ1n) is 8.83. The summed E-state index contributed by atoms with van der Waals surface area (Å²) in [5.74, 6) is -1.11. The third-order valence-corrected chi connectivity index (χ3v) is 4.84. The highest BCUT2D eigenvalue weighted by Gasteiger charge is 2.54. The average Bonchev–Trinajstić information content (AvgIpc) is 2.90. The van der Waals surface area contributed by atoms with Gasteiger partial charge in [0, 0.05) is 0 Å². The first-order valence-corrected chi connectivity index (χ1v) is 8.83. The number of urea groups is 1. The molecule has 27 heavy (non-hydrogen) atoms. The number of hydrogen-bond acceptors (Lipinski definition) is 4. The summed E-state index contributed by atoms with van der Waals surface area (Å²) >= 11 is 0. The fourth-order valence-corrected chi connectivity index (χ4v) is 3.28. The van der Waals surface area contributed by atoms with Gasteiger partial charge < -0.3 is 10.1 Å². The van der Waals surface area contributed by atoms with Crippen LogP contribution in [-0.2, 0) is 19.9 Å². The molecule has 0 unspecified atom stereocenters. The lowest BCUT2D eigenvalue weighted by atomic mass is 9.81. The monoisotopic (exact) mass is 366 g/mol. The second kappa shape index (κ2) is 7.23. The van der Waals surface area contributed by atoms with Crippen molar-refractivity contribution in [3.05, 3.63) is 70.8 Å². The molecule has 1 aliphatic heterocycles. The van der Waals surface area contributed by atoms with Crippen LogP contribution >= 0.6 is 0 Å². The van der Waals surface area contributed by atoms with Crippen LogP contribution in [0.2, 0.25) is 0 Å². The van der Waals surface area contributed by atoms with Gasteiger partial charge in [-0.2, -0.15) is 0 Å². The zero-order chi connectivity index (χ0) is 19.6. The highest BCUT2D eigenvalue weighted by molar-refractivity contribution is 6.11. The van der Waals surface area contributed by atoms with Crippen molar-refractivity contribution >= 4 is 17.9 Å². The predicted octanol–water partition coefficient (Wildman–Crippen LogP) is 2.66. The maximum Gasteiger partial charge on any atom is 0.326 e. The van der Waals surface area contributed by atoms with Crippen molar-refractivity contribution in [1.29, 1.82) is 0 Å². The Labute approximate surface area is 158 Å². The second-order valence-corrected chi connectivity index (χ2v) is 6.54. The zero-order valence-electron chi connectivity index (χ0n) is 15.6. The molecule has 0 aromatic heterocycles. The molecule has 1 aliphatic rings. The van der Waals surface area contributed by atoms with Crippen LogP contribution in [0.3, 0.4) is 0 Å². The Kier molecular flexibility index (Phi) is 4.99. The van der Waals surface area contributed by atoms with Gasteiger partial charge in [0.05, 0.1) is 6.61 Å². The van der Waals surface area contributed by atoms with E-state index in [1.165, 1.54) is 0 Å². The van der Waals surface area contributed by atoms with Crippen molar-refractivity contribution in [1.82, 2.24) is 10.2 Å². The molecule has 2 aromatic carbocycles. The summed E-state index contributed by atoms with van der Waals surface area (Å²) in [5.41, 5.74) is 2.01. The molecule has 0 saturated carbocycles. The number of ether oxygens (including phenoxy) is 1. The molecule has 0 spiro atoms. The Balaban J connectivity index is 2.12. The number of aryl methyl sites for hydroxylation is 2. The minimum Gasteiger partial charge on any atom is -0.465 e. The predicted molar refractivity (Wildman–Crippen MR) is 100 cm³/mol. The molecule has 0 aliphatic carbocycles. The smallest absolute Gasteiger partial charge is 0.326 e. The van der Waals surface area contributed by atoms with Crippen LogP contribution in [0.1, 0.15) is 29.2 Å². The number of nitrogens with one attached hydrogen (secondary N) is 1. The molecule has 1 heterocycles. The lowest BCUT2D eigenvalue weighted by molar-refractivity contribution is -0.147. The van der Waals surface area contributed by atoms with Crippen LogP contribution < -0.4 is 5.32 Å². The van der Waals surface area contributed by atoms with Gasteiger partial charge in [0.1, 0.15) is 6.54 Å². The molecule has 140 valence electrons. The summed E-state index contributed by atoms with van der Waals surface area (Å²) in [6.45, 7) is 5.38. The van der Waals surface area contributed by atoms with Crippen LogP contribution in [0.15, 0.2) is 48.5 Å². The number of carbonyl (C=O) groups excluding carboxylic acids is 3. The Morgan fingerprint density at radius 1 is 1.04 bits per heavy atom. The molecule has 2 aromatic rings. The van der Waals surface area contributed by atoms with Crippen molar-refractivity contribution in [2.24, 2.45) is 0 Å². The lowest BCUT2D eigenvalue weighted by Gasteiger charge is -2.28. The topological polar surface area (TPSA) is 75.7 Å². The molecule has 3 amide bonds. The normalized spacial score (nSPS) is 19.1. The van der Waals surface area contributed by atoms with E-state index in [0.717, 1.165) is 16.0 Å². The highest BCUT2D eigenvalue weighted by atomic mass is 16.5. The molecular formula is C21H22N2O4. The van der Waals surface area contributed by atoms with Gasteiger partial charge in [-0.1, -0.05) is 48.5 Å². The number of amides is 3. The molecule has 1 atom stereocenters. The van der Waals surface area contributed by atoms with Crippen LogP contribution in [0.4, 0.5) is 4.79 Å². The van der Waals surface area contributed by atoms with Gasteiger partial charge in [-0.3, -0.25) is 14.5 Å². The summed E-state index contributed by atoms with van der Waals surface area (Å²) < 4.78 is 4.90. The van der Waals surface area contributed by atoms with E-state index in [9.17, 15) is 14.4 Å².